The smallest absolute Gasteiger partial charge is 0.269 e. The van der Waals surface area contributed by atoms with Gasteiger partial charge in [-0.05, 0) is 42.2 Å². The molecule has 0 radical (unpaired) electrons. The highest BCUT2D eigenvalue weighted by atomic mass is 79.9. The molecule has 0 aliphatic heterocycles. The molecule has 0 aliphatic rings. The van der Waals surface area contributed by atoms with Gasteiger partial charge in [-0.3, -0.25) is 19.7 Å². The topological polar surface area (TPSA) is 92.6 Å². The molecule has 7 nitrogen and oxygen atoms in total. The Labute approximate surface area is 236 Å². The maximum absolute atomic E-state index is 13.7. The number of halogens is 1. The second-order valence-electron chi connectivity index (χ2n) is 9.09. The predicted molar refractivity (Wildman–Crippen MR) is 156 cm³/mol. The lowest BCUT2D eigenvalue weighted by atomic mass is 10.0. The van der Waals surface area contributed by atoms with E-state index in [4.69, 9.17) is 0 Å². The van der Waals surface area contributed by atoms with Gasteiger partial charge in [0.25, 0.3) is 5.69 Å². The Bertz CT molecular complexity index is 1210. The average molecular weight is 599 g/mol. The third kappa shape index (κ3) is 8.99. The van der Waals surface area contributed by atoms with E-state index in [1.807, 2.05) is 68.4 Å². The van der Waals surface area contributed by atoms with E-state index >= 15 is 0 Å². The van der Waals surface area contributed by atoms with Crippen molar-refractivity contribution in [3.63, 3.8) is 0 Å². The van der Waals surface area contributed by atoms with E-state index in [1.54, 1.807) is 17.0 Å². The third-order valence-electron chi connectivity index (χ3n) is 6.18. The molecule has 2 amide bonds. The van der Waals surface area contributed by atoms with Crippen LogP contribution >= 0.6 is 27.7 Å². The first kappa shape index (κ1) is 29.4. The molecule has 0 saturated carbocycles. The fourth-order valence-electron chi connectivity index (χ4n) is 3.83. The fourth-order valence-corrected chi connectivity index (χ4v) is 4.97. The van der Waals surface area contributed by atoms with E-state index in [0.717, 1.165) is 27.6 Å². The maximum atomic E-state index is 13.7. The molecule has 0 aliphatic carbocycles. The number of hydrogen-bond acceptors (Lipinski definition) is 5. The summed E-state index contributed by atoms with van der Waals surface area (Å²) in [6, 6.07) is 23.1. The van der Waals surface area contributed by atoms with Crippen molar-refractivity contribution < 1.29 is 14.5 Å². The van der Waals surface area contributed by atoms with Crippen LogP contribution in [0.4, 0.5) is 5.69 Å². The van der Waals surface area contributed by atoms with Gasteiger partial charge in [-0.1, -0.05) is 77.5 Å². The number of benzene rings is 3. The maximum Gasteiger partial charge on any atom is 0.269 e. The Morgan fingerprint density at radius 1 is 0.974 bits per heavy atom. The largest absolute Gasteiger partial charge is 0.352 e. The number of amides is 2. The summed E-state index contributed by atoms with van der Waals surface area (Å²) in [5.41, 5.74) is 2.83. The molecule has 1 N–H and O–H groups in total. The van der Waals surface area contributed by atoms with Crippen LogP contribution in [0.2, 0.25) is 0 Å². The molecule has 0 bridgehead atoms. The second-order valence-corrected chi connectivity index (χ2v) is 11.0. The predicted octanol–water partition coefficient (Wildman–Crippen LogP) is 6.15. The van der Waals surface area contributed by atoms with Gasteiger partial charge in [0.15, 0.2) is 0 Å². The summed E-state index contributed by atoms with van der Waals surface area (Å²) in [7, 11) is 0. The first-order valence-electron chi connectivity index (χ1n) is 12.5. The summed E-state index contributed by atoms with van der Waals surface area (Å²) >= 11 is 4.88. The summed E-state index contributed by atoms with van der Waals surface area (Å²) in [6.45, 7) is 4.27. The van der Waals surface area contributed by atoms with Crippen molar-refractivity contribution in [3.8, 4) is 0 Å². The molecule has 0 heterocycles. The lowest BCUT2D eigenvalue weighted by Crippen LogP contribution is -2.52. The molecule has 9 heteroatoms. The number of hydrogen-bond donors (Lipinski definition) is 1. The van der Waals surface area contributed by atoms with Crippen molar-refractivity contribution in [1.82, 2.24) is 10.2 Å². The molecule has 3 aromatic carbocycles. The van der Waals surface area contributed by atoms with E-state index in [2.05, 4.69) is 21.2 Å². The number of rotatable bonds is 13. The van der Waals surface area contributed by atoms with Gasteiger partial charge in [0.1, 0.15) is 6.04 Å². The zero-order chi connectivity index (χ0) is 27.5. The van der Waals surface area contributed by atoms with Gasteiger partial charge >= 0.3 is 0 Å². The Hall–Kier alpha value is -3.17. The highest BCUT2D eigenvalue weighted by Gasteiger charge is 2.30. The van der Waals surface area contributed by atoms with Gasteiger partial charge < -0.3 is 10.2 Å². The number of nitro benzene ring substituents is 1. The van der Waals surface area contributed by atoms with Crippen molar-refractivity contribution in [2.45, 2.75) is 51.1 Å². The molecule has 0 fully saturated rings. The van der Waals surface area contributed by atoms with Crippen molar-refractivity contribution in [2.75, 3.05) is 5.75 Å². The van der Waals surface area contributed by atoms with Gasteiger partial charge in [-0.25, -0.2) is 0 Å². The Balaban J connectivity index is 1.82. The van der Waals surface area contributed by atoms with Crippen LogP contribution in [-0.2, 0) is 28.3 Å². The highest BCUT2D eigenvalue weighted by Crippen LogP contribution is 2.21. The molecular formula is C29H32BrN3O4S. The molecule has 0 saturated heterocycles. The molecular weight excluding hydrogens is 566 g/mol. The van der Waals surface area contributed by atoms with E-state index in [0.29, 0.717) is 18.7 Å². The third-order valence-corrected chi connectivity index (χ3v) is 7.70. The lowest BCUT2D eigenvalue weighted by molar-refractivity contribution is -0.384. The molecule has 38 heavy (non-hydrogen) atoms. The summed E-state index contributed by atoms with van der Waals surface area (Å²) in [5, 5.41) is 14.0. The molecule has 0 spiro atoms. The summed E-state index contributed by atoms with van der Waals surface area (Å²) < 4.78 is 0.938. The lowest BCUT2D eigenvalue weighted by Gasteiger charge is -2.32. The Morgan fingerprint density at radius 3 is 2.21 bits per heavy atom. The minimum Gasteiger partial charge on any atom is -0.352 e. The van der Waals surface area contributed by atoms with Gasteiger partial charge in [0.2, 0.25) is 11.8 Å². The number of nitrogens with zero attached hydrogens (tertiary/aromatic N) is 2. The van der Waals surface area contributed by atoms with Crippen molar-refractivity contribution in [3.05, 3.63) is 110 Å². The van der Waals surface area contributed by atoms with E-state index in [1.165, 1.54) is 23.9 Å². The molecule has 200 valence electrons. The number of carbonyl (C=O) groups is 2. The van der Waals surface area contributed by atoms with Crippen LogP contribution in [0.1, 0.15) is 37.0 Å². The first-order chi connectivity index (χ1) is 18.3. The van der Waals surface area contributed by atoms with Crippen LogP contribution < -0.4 is 5.32 Å². The average Bonchev–Trinajstić information content (AvgIpc) is 2.92. The minimum atomic E-state index is -0.678. The fraction of sp³-hybridized carbons (Fsp3) is 0.310. The SMILES string of the molecule is CCC(C)NC(=O)C(Cc1ccccc1)N(Cc1ccc(Br)cc1)C(=O)CSCc1ccc([N+](=O)[O-])cc1. The standard InChI is InChI=1S/C29H32BrN3O4S/c1-3-21(2)31-29(35)27(17-22-7-5-4-6-8-22)32(18-23-9-13-25(30)14-10-23)28(34)20-38-19-24-11-15-26(16-12-24)33(36)37/h4-16,21,27H,3,17-20H2,1-2H3,(H,31,35). The molecule has 3 aromatic rings. The number of nitro groups is 1. The van der Waals surface area contributed by atoms with E-state index in [-0.39, 0.29) is 29.3 Å². The molecule has 3 rings (SSSR count). The van der Waals surface area contributed by atoms with Crippen LogP contribution in [0.3, 0.4) is 0 Å². The van der Waals surface area contributed by atoms with Crippen LogP contribution in [-0.4, -0.2) is 39.5 Å². The molecule has 2 unspecified atom stereocenters. The van der Waals surface area contributed by atoms with Crippen LogP contribution in [0, 0.1) is 10.1 Å². The monoisotopic (exact) mass is 597 g/mol. The number of thioether (sulfide) groups is 1. The summed E-state index contributed by atoms with van der Waals surface area (Å²) in [6.07, 6.45) is 1.19. The van der Waals surface area contributed by atoms with Crippen LogP contribution in [0.15, 0.2) is 83.3 Å². The normalized spacial score (nSPS) is 12.4. The van der Waals surface area contributed by atoms with E-state index in [9.17, 15) is 19.7 Å². The van der Waals surface area contributed by atoms with Crippen molar-refractivity contribution in [1.29, 1.82) is 0 Å². The second kappa shape index (κ2) is 14.7. The van der Waals surface area contributed by atoms with Crippen molar-refractivity contribution in [2.24, 2.45) is 0 Å². The molecule has 2 atom stereocenters. The number of non-ortho nitro benzene ring substituents is 1. The van der Waals surface area contributed by atoms with Gasteiger partial charge in [-0.2, -0.15) is 0 Å². The molecule has 0 aromatic heterocycles. The van der Waals surface area contributed by atoms with Crippen molar-refractivity contribution >= 4 is 45.2 Å². The zero-order valence-corrected chi connectivity index (χ0v) is 23.9. The van der Waals surface area contributed by atoms with E-state index < -0.39 is 11.0 Å². The Kier molecular flexibility index (Phi) is 11.4. The zero-order valence-electron chi connectivity index (χ0n) is 21.5. The van der Waals surface area contributed by atoms with Crippen LogP contribution in [0.25, 0.3) is 0 Å². The number of carbonyl (C=O) groups excluding carboxylic acids is 2. The Morgan fingerprint density at radius 2 is 1.61 bits per heavy atom. The number of nitrogens with one attached hydrogen (secondary N) is 1. The van der Waals surface area contributed by atoms with Gasteiger partial charge in [-0.15, -0.1) is 11.8 Å². The first-order valence-corrected chi connectivity index (χ1v) is 14.4. The van der Waals surface area contributed by atoms with Gasteiger partial charge in [0, 0.05) is 41.4 Å². The van der Waals surface area contributed by atoms with Gasteiger partial charge in [0.05, 0.1) is 10.7 Å². The summed E-state index contributed by atoms with van der Waals surface area (Å²) in [5.74, 6) is 0.391. The summed E-state index contributed by atoms with van der Waals surface area (Å²) in [4.78, 5) is 39.3. The minimum absolute atomic E-state index is 0.0121. The quantitative estimate of drug-likeness (QED) is 0.188. The van der Waals surface area contributed by atoms with Crippen LogP contribution in [0.5, 0.6) is 0 Å². The highest BCUT2D eigenvalue weighted by molar-refractivity contribution is 9.10.